The van der Waals surface area contributed by atoms with Gasteiger partial charge in [0.1, 0.15) is 0 Å². The summed E-state index contributed by atoms with van der Waals surface area (Å²) in [6, 6.07) is 15.9. The van der Waals surface area contributed by atoms with E-state index in [0.29, 0.717) is 6.42 Å². The Morgan fingerprint density at radius 1 is 1.11 bits per heavy atom. The number of aliphatic hydroxyl groups excluding tert-OH is 1. The lowest BCUT2D eigenvalue weighted by Crippen LogP contribution is -2.01. The molecule has 1 aromatic carbocycles. The molecule has 3 rings (SSSR count). The van der Waals surface area contributed by atoms with Gasteiger partial charge in [-0.1, -0.05) is 24.3 Å². The van der Waals surface area contributed by atoms with Crippen LogP contribution in [0.5, 0.6) is 0 Å². The van der Waals surface area contributed by atoms with Crippen LogP contribution in [0.4, 0.5) is 0 Å². The first-order valence-electron chi connectivity index (χ1n) is 6.00. The number of benzene rings is 1. The Bertz CT molecular complexity index is 710. The zero-order valence-electron chi connectivity index (χ0n) is 10.1. The van der Waals surface area contributed by atoms with Crippen LogP contribution < -0.4 is 0 Å². The molecule has 0 aliphatic rings. The van der Waals surface area contributed by atoms with Gasteiger partial charge < -0.3 is 5.11 Å². The molecule has 0 spiro atoms. The molecule has 1 atom stereocenters. The monoisotopic (exact) mass is 333 g/mol. The number of rotatable bonds is 3. The topological polar surface area (TPSA) is 33.1 Å². The second-order valence-electron chi connectivity index (χ2n) is 4.36. The van der Waals surface area contributed by atoms with Gasteiger partial charge in [-0.2, -0.15) is 0 Å². The lowest BCUT2D eigenvalue weighted by Gasteiger charge is -2.08. The molecule has 0 bridgehead atoms. The number of hydrogen-bond acceptors (Lipinski definition) is 3. The second-order valence-corrected chi connectivity index (χ2v) is 6.85. The number of para-hydroxylation sites is 1. The number of halogens is 1. The van der Waals surface area contributed by atoms with Crippen molar-refractivity contribution < 1.29 is 5.11 Å². The van der Waals surface area contributed by atoms with Crippen LogP contribution in [0.15, 0.2) is 52.3 Å². The third kappa shape index (κ3) is 2.86. The van der Waals surface area contributed by atoms with E-state index in [-0.39, 0.29) is 0 Å². The van der Waals surface area contributed by atoms with Gasteiger partial charge in [0.25, 0.3) is 0 Å². The fraction of sp³-hybridized carbons (Fsp3) is 0.133. The lowest BCUT2D eigenvalue weighted by molar-refractivity contribution is 0.181. The summed E-state index contributed by atoms with van der Waals surface area (Å²) in [4.78, 5) is 5.54. The third-order valence-corrected chi connectivity index (χ3v) is 4.71. The minimum Gasteiger partial charge on any atom is -0.387 e. The van der Waals surface area contributed by atoms with Gasteiger partial charge >= 0.3 is 0 Å². The summed E-state index contributed by atoms with van der Waals surface area (Å²) in [7, 11) is 0. The molecule has 3 aromatic rings. The molecule has 4 heteroatoms. The smallest absolute Gasteiger partial charge is 0.0937 e. The number of pyridine rings is 1. The highest BCUT2D eigenvalue weighted by molar-refractivity contribution is 9.11. The molecule has 19 heavy (non-hydrogen) atoms. The summed E-state index contributed by atoms with van der Waals surface area (Å²) < 4.78 is 1.04. The van der Waals surface area contributed by atoms with Crippen molar-refractivity contribution in [1.29, 1.82) is 0 Å². The Morgan fingerprint density at radius 3 is 2.74 bits per heavy atom. The summed E-state index contributed by atoms with van der Waals surface area (Å²) in [5.41, 5.74) is 1.88. The lowest BCUT2D eigenvalue weighted by atomic mass is 10.1. The zero-order chi connectivity index (χ0) is 13.2. The van der Waals surface area contributed by atoms with Crippen molar-refractivity contribution in [2.45, 2.75) is 12.5 Å². The quantitative estimate of drug-likeness (QED) is 0.773. The largest absolute Gasteiger partial charge is 0.387 e. The van der Waals surface area contributed by atoms with Gasteiger partial charge in [-0.15, -0.1) is 11.3 Å². The molecule has 0 radical (unpaired) electrons. The second kappa shape index (κ2) is 5.41. The first kappa shape index (κ1) is 12.8. The maximum Gasteiger partial charge on any atom is 0.0937 e. The average molecular weight is 334 g/mol. The van der Waals surface area contributed by atoms with E-state index < -0.39 is 6.10 Å². The Labute approximate surface area is 123 Å². The predicted octanol–water partition coefficient (Wildman–Crippen LogP) is 4.33. The molecule has 1 unspecified atom stereocenters. The van der Waals surface area contributed by atoms with Crippen LogP contribution >= 0.6 is 27.3 Å². The van der Waals surface area contributed by atoms with E-state index in [1.807, 2.05) is 42.5 Å². The highest BCUT2D eigenvalue weighted by Crippen LogP contribution is 2.29. The number of aromatic nitrogens is 1. The molecule has 0 aliphatic carbocycles. The van der Waals surface area contributed by atoms with Crippen LogP contribution in [-0.2, 0) is 6.42 Å². The van der Waals surface area contributed by atoms with Gasteiger partial charge in [0.05, 0.1) is 15.4 Å². The van der Waals surface area contributed by atoms with Crippen LogP contribution in [-0.4, -0.2) is 10.1 Å². The highest BCUT2D eigenvalue weighted by atomic mass is 79.9. The van der Waals surface area contributed by atoms with Gasteiger partial charge in [0.2, 0.25) is 0 Å². The van der Waals surface area contributed by atoms with E-state index in [1.54, 1.807) is 11.3 Å². The van der Waals surface area contributed by atoms with Gasteiger partial charge in [-0.25, -0.2) is 0 Å². The van der Waals surface area contributed by atoms with Crippen LogP contribution in [0, 0.1) is 0 Å². The molecule has 0 amide bonds. The van der Waals surface area contributed by atoms with E-state index in [0.717, 1.165) is 25.3 Å². The standard InChI is InChI=1S/C15H12BrNOS/c16-15-8-7-14(19-15)13(18)9-11-6-5-10-3-1-2-4-12(10)17-11/h1-8,13,18H,9H2. The van der Waals surface area contributed by atoms with E-state index in [1.165, 1.54) is 0 Å². The van der Waals surface area contributed by atoms with Crippen molar-refractivity contribution in [2.75, 3.05) is 0 Å². The molecule has 1 N–H and O–H groups in total. The number of aliphatic hydroxyl groups is 1. The summed E-state index contributed by atoms with van der Waals surface area (Å²) in [6.45, 7) is 0. The number of fused-ring (bicyclic) bond motifs is 1. The molecule has 0 saturated carbocycles. The predicted molar refractivity (Wildman–Crippen MR) is 82.4 cm³/mol. The maximum absolute atomic E-state index is 10.2. The first-order valence-corrected chi connectivity index (χ1v) is 7.61. The Balaban J connectivity index is 1.84. The van der Waals surface area contributed by atoms with Crippen molar-refractivity contribution in [3.05, 3.63) is 62.9 Å². The van der Waals surface area contributed by atoms with Gasteiger partial charge in [-0.05, 0) is 40.2 Å². The fourth-order valence-corrected chi connectivity index (χ4v) is 3.44. The molecular formula is C15H12BrNOS. The molecule has 0 fully saturated rings. The maximum atomic E-state index is 10.2. The summed E-state index contributed by atoms with van der Waals surface area (Å²) >= 11 is 4.97. The minimum absolute atomic E-state index is 0.495. The van der Waals surface area contributed by atoms with E-state index in [4.69, 9.17) is 0 Å². The number of hydrogen-bond donors (Lipinski definition) is 1. The van der Waals surface area contributed by atoms with E-state index >= 15 is 0 Å². The van der Waals surface area contributed by atoms with Crippen molar-refractivity contribution in [3.8, 4) is 0 Å². The highest BCUT2D eigenvalue weighted by Gasteiger charge is 2.12. The van der Waals surface area contributed by atoms with Crippen molar-refractivity contribution in [2.24, 2.45) is 0 Å². The van der Waals surface area contributed by atoms with Gasteiger partial charge in [-0.3, -0.25) is 4.98 Å². The Hall–Kier alpha value is -1.23. The Kier molecular flexibility index (Phi) is 3.64. The zero-order valence-corrected chi connectivity index (χ0v) is 12.5. The average Bonchev–Trinajstić information content (AvgIpc) is 2.85. The normalized spacial score (nSPS) is 12.7. The van der Waals surface area contributed by atoms with Gasteiger partial charge in [0.15, 0.2) is 0 Å². The molecule has 96 valence electrons. The summed E-state index contributed by atoms with van der Waals surface area (Å²) in [5.74, 6) is 0. The van der Waals surface area contributed by atoms with Crippen molar-refractivity contribution in [1.82, 2.24) is 4.98 Å². The fourth-order valence-electron chi connectivity index (χ4n) is 2.03. The first-order chi connectivity index (χ1) is 9.22. The SMILES string of the molecule is OC(Cc1ccc2ccccc2n1)c1ccc(Br)s1. The van der Waals surface area contributed by atoms with Crippen molar-refractivity contribution in [3.63, 3.8) is 0 Å². The van der Waals surface area contributed by atoms with Crippen LogP contribution in [0.25, 0.3) is 10.9 Å². The van der Waals surface area contributed by atoms with Crippen molar-refractivity contribution >= 4 is 38.2 Å². The summed E-state index contributed by atoms with van der Waals surface area (Å²) in [6.07, 6.45) is 0.0441. The molecule has 2 heterocycles. The summed E-state index contributed by atoms with van der Waals surface area (Å²) in [5, 5.41) is 11.3. The van der Waals surface area contributed by atoms with Crippen LogP contribution in [0.1, 0.15) is 16.7 Å². The van der Waals surface area contributed by atoms with Crippen LogP contribution in [0.2, 0.25) is 0 Å². The molecule has 0 aliphatic heterocycles. The number of thiophene rings is 1. The molecule has 2 aromatic heterocycles. The van der Waals surface area contributed by atoms with E-state index in [9.17, 15) is 5.11 Å². The molecular weight excluding hydrogens is 322 g/mol. The third-order valence-electron chi connectivity index (χ3n) is 2.98. The minimum atomic E-state index is -0.495. The van der Waals surface area contributed by atoms with E-state index in [2.05, 4.69) is 27.0 Å². The van der Waals surface area contributed by atoms with Gasteiger partial charge in [0, 0.05) is 22.4 Å². The molecule has 0 saturated heterocycles. The molecule has 2 nitrogen and oxygen atoms in total. The number of nitrogens with zero attached hydrogens (tertiary/aromatic N) is 1. The van der Waals surface area contributed by atoms with Crippen LogP contribution in [0.3, 0.4) is 0 Å². The Morgan fingerprint density at radius 2 is 1.95 bits per heavy atom.